The van der Waals surface area contributed by atoms with Crippen LogP contribution in [0, 0.1) is 0 Å². The number of allylic oxidation sites excluding steroid dienone is 4. The van der Waals surface area contributed by atoms with Gasteiger partial charge in [-0.15, -0.1) is 0 Å². The topological polar surface area (TPSA) is 51.6 Å². The van der Waals surface area contributed by atoms with E-state index in [2.05, 4.69) is 256 Å². The molecule has 2 aliphatic rings. The fraction of sp³-hybridized carbons (Fsp3) is 0.0556. The van der Waals surface area contributed by atoms with E-state index in [0.29, 0.717) is 0 Å². The molecule has 0 bridgehead atoms. The summed E-state index contributed by atoms with van der Waals surface area (Å²) in [5.74, 6) is 0. The Bertz CT molecular complexity index is 3860. The van der Waals surface area contributed by atoms with Gasteiger partial charge in [-0.2, -0.15) is 0 Å². The predicted molar refractivity (Wildman–Crippen MR) is 333 cm³/mol. The van der Waals surface area contributed by atoms with E-state index in [1.54, 1.807) is 0 Å². The van der Waals surface area contributed by atoms with Gasteiger partial charge in [-0.25, -0.2) is 0 Å². The van der Waals surface area contributed by atoms with E-state index in [1.165, 1.54) is 109 Å². The van der Waals surface area contributed by atoms with Crippen LogP contribution in [-0.2, 0) is 0 Å². The fourth-order valence-corrected chi connectivity index (χ4v) is 25.5. The van der Waals surface area contributed by atoms with Crippen LogP contribution in [0.1, 0.15) is 44.5 Å². The summed E-state index contributed by atoms with van der Waals surface area (Å²) in [6.45, 7) is 5.42. The summed E-state index contributed by atoms with van der Waals surface area (Å²) in [5, 5.41) is 10.5. The molecule has 4 aromatic heterocycles. The van der Waals surface area contributed by atoms with Crippen molar-refractivity contribution in [1.82, 2.24) is 19.9 Å². The summed E-state index contributed by atoms with van der Waals surface area (Å²) in [5.41, 5.74) is 19.1. The Morgan fingerprint density at radius 3 is 0.705 bits per heavy atom. The first-order chi connectivity index (χ1) is 38.5. The van der Waals surface area contributed by atoms with Gasteiger partial charge in [-0.1, -0.05) is 219 Å². The summed E-state index contributed by atoms with van der Waals surface area (Å²) in [7, 11) is -6.14. The highest BCUT2D eigenvalue weighted by Crippen LogP contribution is 2.63. The number of hydrogen-bond donors (Lipinski definition) is 0. The minimum absolute atomic E-state index is 0.948. The minimum Gasteiger partial charge on any atom is -0.256 e. The molecule has 2 aliphatic heterocycles. The van der Waals surface area contributed by atoms with Crippen molar-refractivity contribution in [2.24, 2.45) is 0 Å². The summed E-state index contributed by atoms with van der Waals surface area (Å²) in [6, 6.07) is 91.6. The van der Waals surface area contributed by atoms with Crippen LogP contribution in [0.5, 0.6) is 0 Å². The van der Waals surface area contributed by atoms with Crippen molar-refractivity contribution >= 4 is 103 Å². The summed E-state index contributed by atoms with van der Waals surface area (Å²) >= 11 is 0. The second-order valence-corrected chi connectivity index (χ2v) is 29.5. The molecule has 14 rings (SSSR count). The zero-order chi connectivity index (χ0) is 52.2. The molecule has 6 heterocycles. The summed E-state index contributed by atoms with van der Waals surface area (Å²) < 4.78 is 0. The fourth-order valence-electron chi connectivity index (χ4n) is 13.4. The highest BCUT2D eigenvalue weighted by molar-refractivity contribution is 7.18. The maximum atomic E-state index is 5.04. The van der Waals surface area contributed by atoms with E-state index >= 15 is 0 Å². The van der Waals surface area contributed by atoms with Crippen molar-refractivity contribution in [2.45, 2.75) is 25.2 Å². The lowest BCUT2D eigenvalue weighted by Gasteiger charge is -2.37. The lowest BCUT2D eigenvalue weighted by atomic mass is 9.88. The molecule has 0 saturated carbocycles. The number of pyridine rings is 4. The molecule has 0 aliphatic carbocycles. The first-order valence-corrected chi connectivity index (χ1v) is 32.5. The molecule has 0 amide bonds. The van der Waals surface area contributed by atoms with Gasteiger partial charge in [0, 0.05) is 46.3 Å². The van der Waals surface area contributed by atoms with Crippen LogP contribution in [0.2, 0.25) is 25.2 Å². The molecule has 12 aromatic rings. The Labute approximate surface area is 457 Å². The van der Waals surface area contributed by atoms with Crippen molar-refractivity contribution in [3.63, 3.8) is 0 Å². The average molecular weight is 1030 g/mol. The van der Waals surface area contributed by atoms with Crippen molar-refractivity contribution in [1.29, 1.82) is 0 Å². The first kappa shape index (κ1) is 47.3. The number of fused-ring (bicyclic) bond motifs is 4. The van der Waals surface area contributed by atoms with Gasteiger partial charge in [-0.3, -0.25) is 19.9 Å². The van der Waals surface area contributed by atoms with Crippen LogP contribution in [-0.4, -0.2) is 36.1 Å². The molecule has 6 heteroatoms. The minimum atomic E-state index is -3.07. The molecule has 0 radical (unpaired) electrons. The van der Waals surface area contributed by atoms with E-state index in [0.717, 1.165) is 34.2 Å². The van der Waals surface area contributed by atoms with Gasteiger partial charge in [-0.05, 0) is 136 Å². The molecule has 0 N–H and O–H groups in total. The third-order valence-electron chi connectivity index (χ3n) is 16.7. The van der Waals surface area contributed by atoms with Crippen LogP contribution >= 0.6 is 0 Å². The van der Waals surface area contributed by atoms with Crippen molar-refractivity contribution < 1.29 is 0 Å². The second kappa shape index (κ2) is 19.4. The molecule has 0 spiro atoms. The average Bonchev–Trinajstić information content (AvgIpc) is 4.18. The Morgan fingerprint density at radius 2 is 0.474 bits per heavy atom. The van der Waals surface area contributed by atoms with Gasteiger partial charge < -0.3 is 0 Å². The number of nitrogens with zero attached hydrogens (tertiary/aromatic N) is 4. The van der Waals surface area contributed by atoms with E-state index in [1.807, 2.05) is 24.8 Å². The third-order valence-corrected chi connectivity index (χ3v) is 26.2. The highest BCUT2D eigenvalue weighted by atomic mass is 28.3. The highest BCUT2D eigenvalue weighted by Gasteiger charge is 2.53. The number of benzene rings is 8. The molecule has 0 atom stereocenters. The molecule has 0 fully saturated rings. The molecule has 0 saturated heterocycles. The number of aromatic nitrogens is 4. The Morgan fingerprint density at radius 1 is 0.244 bits per heavy atom. The normalized spacial score (nSPS) is 15.2. The van der Waals surface area contributed by atoms with Gasteiger partial charge in [0.25, 0.3) is 0 Å². The maximum absolute atomic E-state index is 5.04. The van der Waals surface area contributed by atoms with Crippen molar-refractivity contribution in [2.75, 3.05) is 0 Å². The SMILES string of the molecule is C[Si]1(CC[Si]2(C)C(c3cccc4ncccc34)=C(c3ccccc3)C(c3ccccc3)=C2c2cccc3ncccc23)C(c2cccc3ncccc23)=C(c2ccccc2)C(c2ccccc2)=C1c1cccc2ncccc12. The van der Waals surface area contributed by atoms with E-state index in [-0.39, 0.29) is 0 Å². The van der Waals surface area contributed by atoms with Crippen LogP contribution in [0.3, 0.4) is 0 Å². The molecule has 4 nitrogen and oxygen atoms in total. The smallest absolute Gasteiger partial charge is 0.118 e. The quantitative estimate of drug-likeness (QED) is 0.121. The van der Waals surface area contributed by atoms with Crippen molar-refractivity contribution in [3.05, 3.63) is 312 Å². The Hall–Kier alpha value is -9.21. The zero-order valence-corrected chi connectivity index (χ0v) is 45.6. The standard InChI is InChI=1S/C72H54N4Si2/c1-77(69(57-31-15-39-61-53(57)35-19-43-73-61)65(49-23-7-3-8-24-49)66(50-25-9-4-10-26-50)70(77)58-32-16-40-62-54(58)36-20-44-74-62)47-48-78(2)71(59-33-17-41-63-55(59)37-21-45-75-63)67(51-27-11-5-12-28-51)68(52-29-13-6-14-30-52)72(78)60-34-18-42-64-56(60)38-22-46-76-64/h3-46H,47-48H2,1-2H3. The van der Waals surface area contributed by atoms with Gasteiger partial charge in [0.2, 0.25) is 0 Å². The van der Waals surface area contributed by atoms with E-state index < -0.39 is 16.1 Å². The monoisotopic (exact) mass is 1030 g/mol. The van der Waals surface area contributed by atoms with Crippen LogP contribution in [0.15, 0.2) is 267 Å². The largest absolute Gasteiger partial charge is 0.256 e. The summed E-state index contributed by atoms with van der Waals surface area (Å²) in [4.78, 5) is 20.2. The molecule has 8 aromatic carbocycles. The van der Waals surface area contributed by atoms with Gasteiger partial charge in [0.05, 0.1) is 22.1 Å². The second-order valence-electron chi connectivity index (χ2n) is 21.1. The number of rotatable bonds is 11. The first-order valence-electron chi connectivity index (χ1n) is 27.1. The van der Waals surface area contributed by atoms with Crippen LogP contribution < -0.4 is 0 Å². The molecule has 370 valence electrons. The van der Waals surface area contributed by atoms with Gasteiger partial charge in [0.1, 0.15) is 16.1 Å². The molecule has 0 unspecified atom stereocenters. The Balaban J connectivity index is 1.13. The lowest BCUT2D eigenvalue weighted by molar-refractivity contribution is 1.33. The van der Waals surface area contributed by atoms with Crippen LogP contribution in [0.4, 0.5) is 0 Å². The van der Waals surface area contributed by atoms with E-state index in [4.69, 9.17) is 19.9 Å². The third kappa shape index (κ3) is 7.70. The van der Waals surface area contributed by atoms with E-state index in [9.17, 15) is 0 Å². The van der Waals surface area contributed by atoms with Gasteiger partial charge in [0.15, 0.2) is 0 Å². The molecular formula is C72H54N4Si2. The summed E-state index contributed by atoms with van der Waals surface area (Å²) in [6.07, 6.45) is 7.72. The number of hydrogen-bond acceptors (Lipinski definition) is 4. The zero-order valence-electron chi connectivity index (χ0n) is 43.6. The van der Waals surface area contributed by atoms with Crippen LogP contribution in [0.25, 0.3) is 86.7 Å². The predicted octanol–water partition coefficient (Wildman–Crippen LogP) is 18.0. The molecule has 78 heavy (non-hydrogen) atoms. The van der Waals surface area contributed by atoms with Gasteiger partial charge >= 0.3 is 0 Å². The Kier molecular flexibility index (Phi) is 11.8. The van der Waals surface area contributed by atoms with Crippen molar-refractivity contribution in [3.8, 4) is 0 Å². The maximum Gasteiger partial charge on any atom is 0.118 e. The molecular weight excluding hydrogens is 977 g/mol. The lowest BCUT2D eigenvalue weighted by Crippen LogP contribution is -2.40.